The number of rotatable bonds is 7. The van der Waals surface area contributed by atoms with E-state index >= 15 is 4.39 Å². The number of hydrogen-bond acceptors (Lipinski definition) is 9. The molecule has 5 rings (SSSR count). The van der Waals surface area contributed by atoms with Crippen molar-refractivity contribution in [1.29, 1.82) is 0 Å². The molecule has 0 radical (unpaired) electrons. The standard InChI is InChI=1S/C28H37FN8O3/c1-5-28(29)18-37(20-8-6-7-9-20)24-22(35(3)26(28)39)17-30-27(32-24)31-21-11-10-19(16-23(21)40-4)25(38)33-36-14-12-34(2)13-15-36/h5,10-11,16-17,20H,1,6-9,12-15,18H2,2-4H3,(H,33,38)(H,30,31,32). The van der Waals surface area contributed by atoms with Crippen LogP contribution in [0.2, 0.25) is 0 Å². The fraction of sp³-hybridized carbons (Fsp3) is 0.500. The normalized spacial score (nSPS) is 22.6. The van der Waals surface area contributed by atoms with Crippen LogP contribution in [0.4, 0.5) is 27.5 Å². The second kappa shape index (κ2) is 11.4. The Morgan fingerprint density at radius 3 is 2.60 bits per heavy atom. The number of anilines is 4. The lowest BCUT2D eigenvalue weighted by molar-refractivity contribution is -0.126. The van der Waals surface area contributed by atoms with Crippen LogP contribution in [0.25, 0.3) is 0 Å². The molecule has 0 bridgehead atoms. The molecule has 2 fully saturated rings. The number of benzene rings is 1. The first kappa shape index (κ1) is 27.8. The molecule has 2 amide bonds. The highest BCUT2D eigenvalue weighted by Gasteiger charge is 2.46. The number of carbonyl (C=O) groups excluding carboxylic acids is 2. The van der Waals surface area contributed by atoms with E-state index in [9.17, 15) is 9.59 Å². The van der Waals surface area contributed by atoms with Gasteiger partial charge in [-0.05, 0) is 44.2 Å². The average Bonchev–Trinajstić information content (AvgIpc) is 3.49. The first-order valence-corrected chi connectivity index (χ1v) is 13.7. The number of nitrogens with zero attached hydrogens (tertiary/aromatic N) is 6. The minimum absolute atomic E-state index is 0.0588. The van der Waals surface area contributed by atoms with Gasteiger partial charge < -0.3 is 24.8 Å². The molecule has 214 valence electrons. The predicted octanol–water partition coefficient (Wildman–Crippen LogP) is 2.74. The van der Waals surface area contributed by atoms with Crippen molar-refractivity contribution in [3.63, 3.8) is 0 Å². The summed E-state index contributed by atoms with van der Waals surface area (Å²) in [5.74, 6) is 0.288. The van der Waals surface area contributed by atoms with Gasteiger partial charge in [-0.2, -0.15) is 4.98 Å². The smallest absolute Gasteiger partial charge is 0.270 e. The summed E-state index contributed by atoms with van der Waals surface area (Å²) in [6, 6.07) is 5.17. The number of fused-ring (bicyclic) bond motifs is 1. The second-order valence-electron chi connectivity index (χ2n) is 10.7. The molecular formula is C28H37FN8O3. The van der Waals surface area contributed by atoms with E-state index in [1.807, 2.05) is 9.91 Å². The molecule has 1 aromatic carbocycles. The van der Waals surface area contributed by atoms with E-state index in [2.05, 4.69) is 34.3 Å². The highest BCUT2D eigenvalue weighted by atomic mass is 19.1. The Morgan fingerprint density at radius 2 is 1.93 bits per heavy atom. The third-order valence-corrected chi connectivity index (χ3v) is 8.01. The zero-order valence-corrected chi connectivity index (χ0v) is 23.3. The molecule has 1 unspecified atom stereocenters. The first-order valence-electron chi connectivity index (χ1n) is 13.7. The number of hydrazine groups is 1. The molecule has 1 aromatic heterocycles. The molecule has 2 aromatic rings. The number of amides is 2. The summed E-state index contributed by atoms with van der Waals surface area (Å²) in [4.78, 5) is 40.5. The Bertz CT molecular complexity index is 1280. The predicted molar refractivity (Wildman–Crippen MR) is 152 cm³/mol. The van der Waals surface area contributed by atoms with Gasteiger partial charge in [-0.15, -0.1) is 0 Å². The maximum atomic E-state index is 15.8. The first-order chi connectivity index (χ1) is 19.2. The SMILES string of the molecule is C=CC1(F)CN(C2CCCC2)c2nc(Nc3ccc(C(=O)NN4CCN(C)CC4)cc3OC)ncc2N(C)C1=O. The van der Waals surface area contributed by atoms with Gasteiger partial charge in [0.05, 0.1) is 25.5 Å². The average molecular weight is 553 g/mol. The van der Waals surface area contributed by atoms with Crippen molar-refractivity contribution in [2.24, 2.45) is 0 Å². The molecule has 1 saturated carbocycles. The summed E-state index contributed by atoms with van der Waals surface area (Å²) in [5.41, 5.74) is 2.18. The Morgan fingerprint density at radius 1 is 1.20 bits per heavy atom. The Labute approximate surface area is 234 Å². The molecule has 12 heteroatoms. The monoisotopic (exact) mass is 552 g/mol. The number of nitrogens with one attached hydrogen (secondary N) is 2. The Kier molecular flexibility index (Phi) is 7.90. The second-order valence-corrected chi connectivity index (χ2v) is 10.7. The van der Waals surface area contributed by atoms with E-state index in [0.29, 0.717) is 28.5 Å². The largest absolute Gasteiger partial charge is 0.495 e. The zero-order valence-electron chi connectivity index (χ0n) is 23.3. The maximum Gasteiger partial charge on any atom is 0.270 e. The van der Waals surface area contributed by atoms with Gasteiger partial charge in [0.25, 0.3) is 11.8 Å². The summed E-state index contributed by atoms with van der Waals surface area (Å²) in [5, 5.41) is 5.10. The highest BCUT2D eigenvalue weighted by molar-refractivity contribution is 6.04. The van der Waals surface area contributed by atoms with E-state index in [1.54, 1.807) is 18.2 Å². The summed E-state index contributed by atoms with van der Waals surface area (Å²) in [7, 11) is 5.12. The molecule has 40 heavy (non-hydrogen) atoms. The van der Waals surface area contributed by atoms with Crippen molar-refractivity contribution in [3.8, 4) is 5.75 Å². The molecular weight excluding hydrogens is 515 g/mol. The lowest BCUT2D eigenvalue weighted by Gasteiger charge is -2.32. The van der Waals surface area contributed by atoms with Crippen LogP contribution in [0, 0.1) is 0 Å². The van der Waals surface area contributed by atoms with Gasteiger partial charge >= 0.3 is 0 Å². The number of ether oxygens (including phenoxy) is 1. The van der Waals surface area contributed by atoms with Crippen molar-refractivity contribution in [2.75, 3.05) is 69.0 Å². The lowest BCUT2D eigenvalue weighted by Crippen LogP contribution is -2.52. The van der Waals surface area contributed by atoms with Crippen molar-refractivity contribution in [2.45, 2.75) is 37.4 Å². The van der Waals surface area contributed by atoms with Crippen LogP contribution in [-0.4, -0.2) is 97.3 Å². The summed E-state index contributed by atoms with van der Waals surface area (Å²) in [6.45, 7) is 6.73. The molecule has 0 spiro atoms. The van der Waals surface area contributed by atoms with Crippen molar-refractivity contribution >= 4 is 35.0 Å². The van der Waals surface area contributed by atoms with Crippen LogP contribution in [0.5, 0.6) is 5.75 Å². The number of hydrogen-bond donors (Lipinski definition) is 2. The Balaban J connectivity index is 1.40. The van der Waals surface area contributed by atoms with Crippen LogP contribution < -0.4 is 25.3 Å². The highest BCUT2D eigenvalue weighted by Crippen LogP contribution is 2.40. The number of piperazine rings is 1. The number of alkyl halides is 1. The van der Waals surface area contributed by atoms with Crippen LogP contribution in [0.3, 0.4) is 0 Å². The summed E-state index contributed by atoms with van der Waals surface area (Å²) < 4.78 is 21.4. The van der Waals surface area contributed by atoms with Crippen LogP contribution in [0.15, 0.2) is 37.1 Å². The molecule has 1 saturated heterocycles. The van der Waals surface area contributed by atoms with E-state index in [-0.39, 0.29) is 24.4 Å². The number of likely N-dealkylation sites (N-methyl/N-ethyl adjacent to an activating group) is 1. The van der Waals surface area contributed by atoms with E-state index in [1.165, 1.54) is 25.3 Å². The van der Waals surface area contributed by atoms with E-state index in [4.69, 9.17) is 9.72 Å². The van der Waals surface area contributed by atoms with Crippen molar-refractivity contribution < 1.29 is 18.7 Å². The van der Waals surface area contributed by atoms with Crippen LogP contribution >= 0.6 is 0 Å². The topological polar surface area (TPSA) is 106 Å². The number of carbonyl (C=O) groups is 2. The van der Waals surface area contributed by atoms with Gasteiger partial charge in [0.15, 0.2) is 5.82 Å². The van der Waals surface area contributed by atoms with E-state index < -0.39 is 11.6 Å². The molecule has 1 atom stereocenters. The summed E-state index contributed by atoms with van der Waals surface area (Å²) in [6.07, 6.45) is 6.47. The molecule has 11 nitrogen and oxygen atoms in total. The van der Waals surface area contributed by atoms with Crippen molar-refractivity contribution in [1.82, 2.24) is 25.3 Å². The van der Waals surface area contributed by atoms with Gasteiger partial charge in [-0.1, -0.05) is 19.4 Å². The molecule has 3 aliphatic rings. The lowest BCUT2D eigenvalue weighted by atomic mass is 10.0. The van der Waals surface area contributed by atoms with Gasteiger partial charge in [0.1, 0.15) is 11.4 Å². The summed E-state index contributed by atoms with van der Waals surface area (Å²) >= 11 is 0. The van der Waals surface area contributed by atoms with Gasteiger partial charge in [0, 0.05) is 44.8 Å². The zero-order chi connectivity index (χ0) is 28.4. The Hall–Kier alpha value is -3.77. The molecule has 2 N–H and O–H groups in total. The van der Waals surface area contributed by atoms with E-state index in [0.717, 1.165) is 57.9 Å². The number of methoxy groups -OCH3 is 1. The molecule has 3 heterocycles. The molecule has 1 aliphatic carbocycles. The number of aromatic nitrogens is 2. The fourth-order valence-electron chi connectivity index (χ4n) is 5.51. The fourth-order valence-corrected chi connectivity index (χ4v) is 5.51. The van der Waals surface area contributed by atoms with Gasteiger partial charge in [0.2, 0.25) is 11.6 Å². The molecule has 2 aliphatic heterocycles. The third kappa shape index (κ3) is 5.46. The maximum absolute atomic E-state index is 15.8. The minimum Gasteiger partial charge on any atom is -0.495 e. The van der Waals surface area contributed by atoms with Crippen LogP contribution in [0.1, 0.15) is 36.0 Å². The minimum atomic E-state index is -2.24. The van der Waals surface area contributed by atoms with Crippen molar-refractivity contribution in [3.05, 3.63) is 42.6 Å². The number of halogens is 1. The van der Waals surface area contributed by atoms with Crippen LogP contribution in [-0.2, 0) is 4.79 Å². The van der Waals surface area contributed by atoms with Gasteiger partial charge in [-0.25, -0.2) is 14.4 Å². The quantitative estimate of drug-likeness (QED) is 0.502. The van der Waals surface area contributed by atoms with Gasteiger partial charge in [-0.3, -0.25) is 15.0 Å². The third-order valence-electron chi connectivity index (χ3n) is 8.01.